The molecule has 0 radical (unpaired) electrons. The van der Waals surface area contributed by atoms with Gasteiger partial charge in [0, 0.05) is 76.6 Å². The molecule has 1 atom stereocenters. The zero-order chi connectivity index (χ0) is 38.6. The maximum Gasteiger partial charge on any atom is 0.234 e. The van der Waals surface area contributed by atoms with Gasteiger partial charge >= 0.3 is 0 Å². The lowest BCUT2D eigenvalue weighted by molar-refractivity contribution is -0.140. The van der Waals surface area contributed by atoms with Crippen LogP contribution in [0.4, 0.5) is 11.4 Å². The van der Waals surface area contributed by atoms with Gasteiger partial charge in [-0.1, -0.05) is 54.6 Å². The van der Waals surface area contributed by atoms with Gasteiger partial charge in [-0.05, 0) is 92.3 Å². The van der Waals surface area contributed by atoms with Crippen molar-refractivity contribution in [3.63, 3.8) is 0 Å². The van der Waals surface area contributed by atoms with Crippen molar-refractivity contribution in [1.29, 1.82) is 0 Å². The van der Waals surface area contributed by atoms with Crippen LogP contribution in [0.2, 0.25) is 0 Å². The lowest BCUT2D eigenvalue weighted by Crippen LogP contribution is -2.56. The second-order valence-corrected chi connectivity index (χ2v) is 16.2. The van der Waals surface area contributed by atoms with E-state index in [0.717, 1.165) is 80.9 Å². The molecule has 4 aliphatic rings. The van der Waals surface area contributed by atoms with Crippen LogP contribution < -0.4 is 15.1 Å². The number of aromatic nitrogens is 2. The van der Waals surface area contributed by atoms with E-state index in [2.05, 4.69) is 59.4 Å². The highest BCUT2D eigenvalue weighted by Gasteiger charge is 2.46. The summed E-state index contributed by atoms with van der Waals surface area (Å²) in [4.78, 5) is 48.3. The molecule has 11 nitrogen and oxygen atoms in total. The van der Waals surface area contributed by atoms with Crippen LogP contribution in [0.5, 0.6) is 5.75 Å². The Morgan fingerprint density at radius 1 is 0.821 bits per heavy atom. The summed E-state index contributed by atoms with van der Waals surface area (Å²) < 4.78 is 0. The van der Waals surface area contributed by atoms with Crippen molar-refractivity contribution >= 4 is 29.1 Å². The van der Waals surface area contributed by atoms with Crippen molar-refractivity contribution in [2.75, 3.05) is 62.7 Å². The largest absolute Gasteiger partial charge is 0.507 e. The summed E-state index contributed by atoms with van der Waals surface area (Å²) >= 11 is 0. The molecule has 0 saturated carbocycles. The molecule has 56 heavy (non-hydrogen) atoms. The van der Waals surface area contributed by atoms with Crippen LogP contribution in [0.1, 0.15) is 68.4 Å². The molecule has 5 heterocycles. The van der Waals surface area contributed by atoms with E-state index in [1.807, 2.05) is 55.6 Å². The molecule has 3 aromatic carbocycles. The van der Waals surface area contributed by atoms with Crippen molar-refractivity contribution < 1.29 is 19.5 Å². The van der Waals surface area contributed by atoms with Gasteiger partial charge in [0.05, 0.1) is 28.9 Å². The lowest BCUT2D eigenvalue weighted by Gasteiger charge is -2.46. The Bertz CT molecular complexity index is 2020. The molecule has 0 aliphatic carbocycles. The summed E-state index contributed by atoms with van der Waals surface area (Å²) in [7, 11) is 2.02. The first-order valence-electron chi connectivity index (χ1n) is 20.4. The predicted molar refractivity (Wildman–Crippen MR) is 217 cm³/mol. The van der Waals surface area contributed by atoms with E-state index in [-0.39, 0.29) is 35.4 Å². The van der Waals surface area contributed by atoms with Crippen LogP contribution in [-0.2, 0) is 19.8 Å². The molecule has 8 rings (SSSR count). The highest BCUT2D eigenvalue weighted by molar-refractivity contribution is 6.01. The summed E-state index contributed by atoms with van der Waals surface area (Å²) in [6.45, 7) is 6.49. The minimum absolute atomic E-state index is 0.175. The van der Waals surface area contributed by atoms with Crippen molar-refractivity contribution in [3.05, 3.63) is 102 Å². The minimum Gasteiger partial charge on any atom is -0.507 e. The van der Waals surface area contributed by atoms with E-state index in [1.54, 1.807) is 18.3 Å². The zero-order valence-electron chi connectivity index (χ0n) is 32.4. The van der Waals surface area contributed by atoms with Gasteiger partial charge < -0.3 is 24.7 Å². The minimum atomic E-state index is -0.597. The van der Waals surface area contributed by atoms with E-state index in [1.165, 1.54) is 0 Å². The Balaban J connectivity index is 0.852. The maximum absolute atomic E-state index is 14.7. The lowest BCUT2D eigenvalue weighted by atomic mass is 9.71. The monoisotopic (exact) mass is 755 g/mol. The third kappa shape index (κ3) is 7.87. The van der Waals surface area contributed by atoms with E-state index in [4.69, 9.17) is 0 Å². The van der Waals surface area contributed by atoms with E-state index >= 15 is 0 Å². The maximum atomic E-state index is 14.7. The van der Waals surface area contributed by atoms with E-state index in [0.29, 0.717) is 55.9 Å². The molecule has 0 spiro atoms. The number of imide groups is 1. The van der Waals surface area contributed by atoms with Crippen molar-refractivity contribution in [1.82, 2.24) is 25.3 Å². The number of likely N-dealkylation sites (N-methyl/N-ethyl adjacent to an activating group) is 1. The molecule has 3 amide bonds. The Hall–Kier alpha value is -5.29. The number of likely N-dealkylation sites (tertiary alicyclic amines) is 1. The number of para-hydroxylation sites is 1. The molecule has 0 unspecified atom stereocenters. The van der Waals surface area contributed by atoms with Crippen molar-refractivity contribution in [2.45, 2.75) is 68.7 Å². The number of nitrogens with one attached hydrogen (secondary N) is 1. The van der Waals surface area contributed by atoms with Gasteiger partial charge in [-0.25, -0.2) is 0 Å². The topological polar surface area (TPSA) is 122 Å². The van der Waals surface area contributed by atoms with Crippen LogP contribution >= 0.6 is 0 Å². The molecule has 0 bridgehead atoms. The van der Waals surface area contributed by atoms with Gasteiger partial charge in [-0.2, -0.15) is 10.2 Å². The molecular weight excluding hydrogens is 703 g/mol. The summed E-state index contributed by atoms with van der Waals surface area (Å²) in [5.41, 5.74) is 4.86. The van der Waals surface area contributed by atoms with E-state index in [9.17, 15) is 19.5 Å². The summed E-state index contributed by atoms with van der Waals surface area (Å²) in [5.74, 6) is 0.403. The summed E-state index contributed by atoms with van der Waals surface area (Å²) in [6.07, 6.45) is 8.34. The number of carbonyl (C=O) groups is 3. The second kappa shape index (κ2) is 16.4. The summed E-state index contributed by atoms with van der Waals surface area (Å²) in [5, 5.41) is 21.5. The van der Waals surface area contributed by atoms with Crippen LogP contribution in [0.25, 0.3) is 11.3 Å². The third-order valence-electron chi connectivity index (χ3n) is 13.0. The number of hydrogen-bond acceptors (Lipinski definition) is 9. The van der Waals surface area contributed by atoms with Crippen molar-refractivity contribution in [2.24, 2.45) is 5.92 Å². The Labute approximate surface area is 329 Å². The fourth-order valence-electron chi connectivity index (χ4n) is 9.56. The van der Waals surface area contributed by atoms with Crippen molar-refractivity contribution in [3.8, 4) is 17.0 Å². The van der Waals surface area contributed by atoms with Gasteiger partial charge in [-0.3, -0.25) is 19.7 Å². The first-order valence-corrected chi connectivity index (χ1v) is 20.4. The Morgan fingerprint density at radius 3 is 2.27 bits per heavy atom. The van der Waals surface area contributed by atoms with Gasteiger partial charge in [-0.15, -0.1) is 0 Å². The Morgan fingerprint density at radius 2 is 1.54 bits per heavy atom. The standard InChI is InChI=1S/C45H53N7O4/c1-49(35-18-22-50(23-19-35)31-32-16-24-51(25-17-32)36-11-7-8-33(28-36)38-14-15-42(54)47-43(38)55)44(56)45(34-9-3-2-4-10-34)20-26-52(27-21-45)37-29-40(48-46-30-37)39-12-5-6-13-41(39)53/h2-13,28-30,32,35,38,53H,14-27,31H2,1H3,(H,47,54,55)/t38-/m0/s1. The number of phenolic OH excluding ortho intramolecular Hbond substituents is 1. The average Bonchev–Trinajstić information content (AvgIpc) is 3.24. The first kappa shape index (κ1) is 37.6. The average molecular weight is 756 g/mol. The molecule has 4 aromatic rings. The highest BCUT2D eigenvalue weighted by atomic mass is 16.3. The molecule has 4 aliphatic heterocycles. The second-order valence-electron chi connectivity index (χ2n) is 16.2. The van der Waals surface area contributed by atoms with Crippen LogP contribution in [-0.4, -0.2) is 102 Å². The molecule has 292 valence electrons. The number of anilines is 2. The predicted octanol–water partition coefficient (Wildman–Crippen LogP) is 5.75. The number of rotatable bonds is 9. The molecule has 4 fully saturated rings. The number of carbonyl (C=O) groups excluding carboxylic acids is 3. The Kier molecular flexibility index (Phi) is 11.0. The number of hydrogen-bond donors (Lipinski definition) is 2. The SMILES string of the molecule is CN(C(=O)C1(c2ccccc2)CCN(c2cnnc(-c3ccccc3O)c2)CC1)C1CCN(CC2CCN(c3cccc([C@@H]4CCC(=O)NC4=O)c3)CC2)CC1. The zero-order valence-corrected chi connectivity index (χ0v) is 32.4. The van der Waals surface area contributed by atoms with Crippen LogP contribution in [0.15, 0.2) is 91.1 Å². The first-order chi connectivity index (χ1) is 27.3. The van der Waals surface area contributed by atoms with E-state index < -0.39 is 5.41 Å². The smallest absolute Gasteiger partial charge is 0.234 e. The van der Waals surface area contributed by atoms with Gasteiger partial charge in [0.2, 0.25) is 17.7 Å². The number of amides is 3. The fraction of sp³-hybridized carbons (Fsp3) is 0.444. The molecular formula is C45H53N7O4. The van der Waals surface area contributed by atoms with Gasteiger partial charge in [0.1, 0.15) is 5.75 Å². The number of piperidine rings is 4. The fourth-order valence-corrected chi connectivity index (χ4v) is 9.56. The molecule has 1 aromatic heterocycles. The van der Waals surface area contributed by atoms with Gasteiger partial charge in [0.15, 0.2) is 0 Å². The van der Waals surface area contributed by atoms with Crippen LogP contribution in [0.3, 0.4) is 0 Å². The third-order valence-corrected chi connectivity index (χ3v) is 13.0. The number of aromatic hydroxyl groups is 1. The quantitative estimate of drug-likeness (QED) is 0.206. The molecule has 4 saturated heterocycles. The highest BCUT2D eigenvalue weighted by Crippen LogP contribution is 2.40. The molecule has 11 heteroatoms. The summed E-state index contributed by atoms with van der Waals surface area (Å²) in [6, 6.07) is 28.0. The number of phenols is 1. The molecule has 2 N–H and O–H groups in total. The van der Waals surface area contributed by atoms with Crippen LogP contribution in [0, 0.1) is 5.92 Å². The number of nitrogens with zero attached hydrogens (tertiary/aromatic N) is 6. The number of benzene rings is 3. The van der Waals surface area contributed by atoms with Gasteiger partial charge in [0.25, 0.3) is 0 Å². The normalized spacial score (nSPS) is 21.1.